The summed E-state index contributed by atoms with van der Waals surface area (Å²) in [7, 11) is 0. The molecule has 1 fully saturated rings. The Morgan fingerprint density at radius 2 is 1.70 bits per heavy atom. The topological polar surface area (TPSA) is 69.9 Å². The van der Waals surface area contributed by atoms with Crippen LogP contribution in [0.15, 0.2) is 42.5 Å². The van der Waals surface area contributed by atoms with E-state index < -0.39 is 0 Å². The van der Waals surface area contributed by atoms with Gasteiger partial charge >= 0.3 is 0 Å². The van der Waals surface area contributed by atoms with E-state index in [0.29, 0.717) is 0 Å². The van der Waals surface area contributed by atoms with Crippen LogP contribution in [0.3, 0.4) is 0 Å². The van der Waals surface area contributed by atoms with Crippen molar-refractivity contribution >= 4 is 0 Å². The van der Waals surface area contributed by atoms with Crippen LogP contribution in [0.4, 0.5) is 0 Å². The highest BCUT2D eigenvalue weighted by Crippen LogP contribution is 2.36. The molecule has 3 rings (SSSR count). The van der Waals surface area contributed by atoms with E-state index in [2.05, 4.69) is 0 Å². The van der Waals surface area contributed by atoms with Crippen LogP contribution in [0.2, 0.25) is 0 Å². The first-order chi connectivity index (χ1) is 11.1. The summed E-state index contributed by atoms with van der Waals surface area (Å²) in [6.07, 6.45) is 5.08. The molecule has 0 radical (unpaired) electrons. The fourth-order valence-corrected chi connectivity index (χ4v) is 3.09. The van der Waals surface area contributed by atoms with E-state index in [-0.39, 0.29) is 29.5 Å². The SMILES string of the molecule is Oc1ccc(CCC2CCCC(c3ccc(O)c(O)c3)O2)cc1. The first-order valence-electron chi connectivity index (χ1n) is 8.07. The van der Waals surface area contributed by atoms with Gasteiger partial charge in [0.25, 0.3) is 0 Å². The lowest BCUT2D eigenvalue weighted by Gasteiger charge is -2.30. The molecule has 4 heteroatoms. The Labute approximate surface area is 136 Å². The molecule has 2 aromatic carbocycles. The van der Waals surface area contributed by atoms with E-state index in [1.807, 2.05) is 18.2 Å². The van der Waals surface area contributed by atoms with Gasteiger partial charge in [0.15, 0.2) is 11.5 Å². The maximum Gasteiger partial charge on any atom is 0.157 e. The van der Waals surface area contributed by atoms with Crippen molar-refractivity contribution in [2.24, 2.45) is 0 Å². The predicted molar refractivity (Wildman–Crippen MR) is 87.7 cm³/mol. The zero-order chi connectivity index (χ0) is 16.2. The van der Waals surface area contributed by atoms with Crippen LogP contribution in [0.25, 0.3) is 0 Å². The van der Waals surface area contributed by atoms with E-state index >= 15 is 0 Å². The minimum atomic E-state index is -0.103. The van der Waals surface area contributed by atoms with Crippen molar-refractivity contribution < 1.29 is 20.1 Å². The summed E-state index contributed by atoms with van der Waals surface area (Å²) in [5.74, 6) is 0.0839. The third-order valence-electron chi connectivity index (χ3n) is 4.41. The van der Waals surface area contributed by atoms with Crippen LogP contribution < -0.4 is 0 Å². The monoisotopic (exact) mass is 314 g/mol. The molecule has 0 bridgehead atoms. The number of aromatic hydroxyl groups is 3. The number of rotatable bonds is 4. The lowest BCUT2D eigenvalue weighted by Crippen LogP contribution is -2.23. The van der Waals surface area contributed by atoms with Gasteiger partial charge in [-0.2, -0.15) is 0 Å². The average molecular weight is 314 g/mol. The minimum absolute atomic E-state index is 0.0277. The normalized spacial score (nSPS) is 21.2. The predicted octanol–water partition coefficient (Wildman–Crippen LogP) is 4.05. The zero-order valence-electron chi connectivity index (χ0n) is 13.0. The second-order valence-corrected chi connectivity index (χ2v) is 6.13. The largest absolute Gasteiger partial charge is 0.508 e. The van der Waals surface area contributed by atoms with Gasteiger partial charge in [0.1, 0.15) is 5.75 Å². The van der Waals surface area contributed by atoms with Crippen LogP contribution in [-0.2, 0) is 11.2 Å². The smallest absolute Gasteiger partial charge is 0.157 e. The minimum Gasteiger partial charge on any atom is -0.508 e. The Balaban J connectivity index is 1.59. The zero-order valence-corrected chi connectivity index (χ0v) is 13.0. The highest BCUT2D eigenvalue weighted by Gasteiger charge is 2.24. The molecular formula is C19H22O4. The molecule has 2 unspecified atom stereocenters. The molecule has 2 aromatic rings. The standard InChI is InChI=1S/C19H22O4/c20-15-8-4-13(5-9-15)6-10-16-2-1-3-19(23-16)14-7-11-17(21)18(22)12-14/h4-5,7-9,11-12,16,19-22H,1-3,6,10H2. The Morgan fingerprint density at radius 1 is 0.913 bits per heavy atom. The summed E-state index contributed by atoms with van der Waals surface area (Å²) in [6.45, 7) is 0. The van der Waals surface area contributed by atoms with Crippen molar-refractivity contribution in [2.75, 3.05) is 0 Å². The molecule has 0 spiro atoms. The van der Waals surface area contributed by atoms with Crippen LogP contribution >= 0.6 is 0 Å². The molecular weight excluding hydrogens is 292 g/mol. The van der Waals surface area contributed by atoms with Crippen molar-refractivity contribution in [1.29, 1.82) is 0 Å². The number of hydrogen-bond acceptors (Lipinski definition) is 4. The summed E-state index contributed by atoms with van der Waals surface area (Å²) < 4.78 is 6.17. The molecule has 23 heavy (non-hydrogen) atoms. The average Bonchev–Trinajstić information content (AvgIpc) is 2.57. The first kappa shape index (κ1) is 15.7. The Kier molecular flexibility index (Phi) is 4.72. The fraction of sp³-hybridized carbons (Fsp3) is 0.368. The van der Waals surface area contributed by atoms with Crippen molar-refractivity contribution in [3.63, 3.8) is 0 Å². The molecule has 0 amide bonds. The maximum absolute atomic E-state index is 9.65. The third kappa shape index (κ3) is 3.96. The quantitative estimate of drug-likeness (QED) is 0.745. The number of phenolic OH excluding ortho intramolecular Hbond substituents is 3. The van der Waals surface area contributed by atoms with E-state index in [1.54, 1.807) is 18.2 Å². The first-order valence-corrected chi connectivity index (χ1v) is 8.07. The summed E-state index contributed by atoms with van der Waals surface area (Å²) in [5.41, 5.74) is 2.10. The van der Waals surface area contributed by atoms with E-state index in [0.717, 1.165) is 37.7 Å². The molecule has 0 saturated carbocycles. The lowest BCUT2D eigenvalue weighted by molar-refractivity contribution is -0.0547. The summed E-state index contributed by atoms with van der Waals surface area (Å²) >= 11 is 0. The second kappa shape index (κ2) is 6.92. The molecule has 4 nitrogen and oxygen atoms in total. The Hall–Kier alpha value is -2.20. The van der Waals surface area contributed by atoms with Gasteiger partial charge in [-0.3, -0.25) is 0 Å². The van der Waals surface area contributed by atoms with E-state index in [9.17, 15) is 15.3 Å². The van der Waals surface area contributed by atoms with Gasteiger partial charge in [0.2, 0.25) is 0 Å². The molecule has 1 aliphatic rings. The number of benzene rings is 2. The highest BCUT2D eigenvalue weighted by molar-refractivity contribution is 5.41. The van der Waals surface area contributed by atoms with Crippen LogP contribution in [-0.4, -0.2) is 21.4 Å². The number of hydrogen-bond donors (Lipinski definition) is 3. The van der Waals surface area contributed by atoms with Crippen LogP contribution in [0.1, 0.15) is 42.9 Å². The van der Waals surface area contributed by atoms with Gasteiger partial charge in [-0.05, 0) is 67.5 Å². The van der Waals surface area contributed by atoms with Gasteiger partial charge in [0.05, 0.1) is 12.2 Å². The van der Waals surface area contributed by atoms with Gasteiger partial charge in [-0.15, -0.1) is 0 Å². The van der Waals surface area contributed by atoms with Gasteiger partial charge in [0, 0.05) is 0 Å². The van der Waals surface area contributed by atoms with E-state index in [1.165, 1.54) is 11.6 Å². The van der Waals surface area contributed by atoms with Gasteiger partial charge in [-0.25, -0.2) is 0 Å². The molecule has 0 aliphatic carbocycles. The van der Waals surface area contributed by atoms with Crippen LogP contribution in [0.5, 0.6) is 17.2 Å². The summed E-state index contributed by atoms with van der Waals surface area (Å²) in [6, 6.07) is 12.2. The summed E-state index contributed by atoms with van der Waals surface area (Å²) in [4.78, 5) is 0. The molecule has 1 aliphatic heterocycles. The molecule has 1 saturated heterocycles. The second-order valence-electron chi connectivity index (χ2n) is 6.13. The number of phenols is 3. The van der Waals surface area contributed by atoms with Crippen molar-refractivity contribution in [3.05, 3.63) is 53.6 Å². The number of aryl methyl sites for hydroxylation is 1. The molecule has 1 heterocycles. The summed E-state index contributed by atoms with van der Waals surface area (Å²) in [5, 5.41) is 28.4. The van der Waals surface area contributed by atoms with Gasteiger partial charge < -0.3 is 20.1 Å². The molecule has 0 aromatic heterocycles. The lowest BCUT2D eigenvalue weighted by atomic mass is 9.95. The Morgan fingerprint density at radius 3 is 2.43 bits per heavy atom. The van der Waals surface area contributed by atoms with Crippen LogP contribution in [0, 0.1) is 0 Å². The third-order valence-corrected chi connectivity index (χ3v) is 4.41. The van der Waals surface area contributed by atoms with Crippen molar-refractivity contribution in [2.45, 2.75) is 44.3 Å². The highest BCUT2D eigenvalue weighted by atomic mass is 16.5. The van der Waals surface area contributed by atoms with Crippen molar-refractivity contribution in [3.8, 4) is 17.2 Å². The van der Waals surface area contributed by atoms with E-state index in [4.69, 9.17) is 4.74 Å². The molecule has 3 N–H and O–H groups in total. The fourth-order valence-electron chi connectivity index (χ4n) is 3.09. The molecule has 2 atom stereocenters. The van der Waals surface area contributed by atoms with Gasteiger partial charge in [-0.1, -0.05) is 18.2 Å². The molecule has 122 valence electrons. The maximum atomic E-state index is 9.65. The Bertz CT molecular complexity index is 651. The number of ether oxygens (including phenoxy) is 1. The van der Waals surface area contributed by atoms with Crippen molar-refractivity contribution in [1.82, 2.24) is 0 Å².